The molecule has 0 bridgehead atoms. The number of nitrogens with two attached hydrogens (primary N) is 1. The monoisotopic (exact) mass is 255 g/mol. The summed E-state index contributed by atoms with van der Waals surface area (Å²) >= 11 is 6.10. The van der Waals surface area contributed by atoms with E-state index in [9.17, 15) is 0 Å². The maximum absolute atomic E-state index is 6.10. The van der Waals surface area contributed by atoms with Crippen molar-refractivity contribution in [1.29, 1.82) is 0 Å². The smallest absolute Gasteiger partial charge is 0.123 e. The molecule has 1 aliphatic rings. The molecular weight excluding hydrogens is 238 g/mol. The van der Waals surface area contributed by atoms with Crippen LogP contribution in [0.25, 0.3) is 0 Å². The first-order valence-electron chi connectivity index (χ1n) is 5.85. The highest BCUT2D eigenvalue weighted by Gasteiger charge is 2.19. The molecule has 17 heavy (non-hydrogen) atoms. The molecule has 1 fully saturated rings. The van der Waals surface area contributed by atoms with Gasteiger partial charge >= 0.3 is 0 Å². The molecule has 0 spiro atoms. The van der Waals surface area contributed by atoms with E-state index in [0.29, 0.717) is 16.9 Å². The van der Waals surface area contributed by atoms with Crippen molar-refractivity contribution in [2.24, 2.45) is 0 Å². The number of pyridine rings is 1. The van der Waals surface area contributed by atoms with E-state index in [1.54, 1.807) is 19.2 Å². The second-order valence-electron chi connectivity index (χ2n) is 4.38. The summed E-state index contributed by atoms with van der Waals surface area (Å²) in [6.07, 6.45) is 2.53. The summed E-state index contributed by atoms with van der Waals surface area (Å²) in [5.41, 5.74) is 6.53. The third kappa shape index (κ3) is 3.31. The molecule has 1 saturated heterocycles. The fraction of sp³-hybridized carbons (Fsp3) is 0.583. The zero-order chi connectivity index (χ0) is 12.3. The minimum Gasteiger partial charge on any atom is -0.384 e. The van der Waals surface area contributed by atoms with Crippen molar-refractivity contribution in [2.75, 3.05) is 25.9 Å². The molecule has 1 aromatic rings. The van der Waals surface area contributed by atoms with Gasteiger partial charge in [-0.15, -0.1) is 0 Å². The first-order valence-corrected chi connectivity index (χ1v) is 6.23. The second kappa shape index (κ2) is 5.67. The van der Waals surface area contributed by atoms with Gasteiger partial charge in [0.2, 0.25) is 0 Å². The molecule has 0 radical (unpaired) electrons. The fourth-order valence-corrected chi connectivity index (χ4v) is 2.29. The lowest BCUT2D eigenvalue weighted by Crippen LogP contribution is -2.36. The lowest BCUT2D eigenvalue weighted by Gasteiger charge is -2.31. The van der Waals surface area contributed by atoms with Crippen molar-refractivity contribution in [1.82, 2.24) is 9.88 Å². The van der Waals surface area contributed by atoms with Crippen LogP contribution in [0.3, 0.4) is 0 Å². The van der Waals surface area contributed by atoms with Gasteiger partial charge in [0.05, 0.1) is 16.8 Å². The van der Waals surface area contributed by atoms with Gasteiger partial charge in [0.15, 0.2) is 0 Å². The van der Waals surface area contributed by atoms with Crippen molar-refractivity contribution in [3.63, 3.8) is 0 Å². The van der Waals surface area contributed by atoms with E-state index in [0.717, 1.165) is 38.2 Å². The Morgan fingerprint density at radius 1 is 1.47 bits per heavy atom. The van der Waals surface area contributed by atoms with Crippen LogP contribution >= 0.6 is 11.6 Å². The maximum Gasteiger partial charge on any atom is 0.123 e. The molecule has 2 N–H and O–H groups in total. The molecule has 0 unspecified atom stereocenters. The minimum atomic E-state index is 0.399. The first kappa shape index (κ1) is 12.6. The van der Waals surface area contributed by atoms with E-state index in [4.69, 9.17) is 22.1 Å². The van der Waals surface area contributed by atoms with Gasteiger partial charge in [-0.3, -0.25) is 4.90 Å². The zero-order valence-corrected chi connectivity index (χ0v) is 10.8. The van der Waals surface area contributed by atoms with Gasteiger partial charge in [-0.05, 0) is 25.0 Å². The maximum atomic E-state index is 6.10. The van der Waals surface area contributed by atoms with E-state index in [-0.39, 0.29) is 0 Å². The Labute approximate surface area is 107 Å². The van der Waals surface area contributed by atoms with Crippen molar-refractivity contribution < 1.29 is 4.74 Å². The predicted octanol–water partition coefficient (Wildman–Crippen LogP) is 1.93. The summed E-state index contributed by atoms with van der Waals surface area (Å²) in [6.45, 7) is 2.80. The quantitative estimate of drug-likeness (QED) is 0.897. The lowest BCUT2D eigenvalue weighted by molar-refractivity contribution is 0.0385. The van der Waals surface area contributed by atoms with Gasteiger partial charge in [-0.2, -0.15) is 0 Å². The highest BCUT2D eigenvalue weighted by molar-refractivity contribution is 6.31. The third-order valence-electron chi connectivity index (χ3n) is 3.18. The van der Waals surface area contributed by atoms with Crippen LogP contribution < -0.4 is 5.73 Å². The molecule has 94 valence electrons. The van der Waals surface area contributed by atoms with Crippen LogP contribution in [0.1, 0.15) is 18.5 Å². The second-order valence-corrected chi connectivity index (χ2v) is 4.78. The molecule has 5 heteroatoms. The van der Waals surface area contributed by atoms with Crippen molar-refractivity contribution in [3.8, 4) is 0 Å². The Bertz CT molecular complexity index is 378. The van der Waals surface area contributed by atoms with E-state index in [1.807, 2.05) is 0 Å². The Balaban J connectivity index is 1.95. The van der Waals surface area contributed by atoms with Crippen LogP contribution in [0.4, 0.5) is 5.82 Å². The molecule has 0 saturated carbocycles. The topological polar surface area (TPSA) is 51.4 Å². The summed E-state index contributed by atoms with van der Waals surface area (Å²) in [5.74, 6) is 0.524. The largest absolute Gasteiger partial charge is 0.384 e. The Kier molecular flexibility index (Phi) is 4.20. The molecule has 0 aliphatic carbocycles. The van der Waals surface area contributed by atoms with Gasteiger partial charge in [-0.25, -0.2) is 4.98 Å². The highest BCUT2D eigenvalue weighted by atomic mass is 35.5. The number of hydrogen-bond donors (Lipinski definition) is 1. The molecule has 2 heterocycles. The molecule has 0 amide bonds. The van der Waals surface area contributed by atoms with Gasteiger partial charge in [-0.1, -0.05) is 11.6 Å². The minimum absolute atomic E-state index is 0.399. The van der Waals surface area contributed by atoms with Crippen LogP contribution in [0.15, 0.2) is 12.1 Å². The normalized spacial score (nSPS) is 18.5. The van der Waals surface area contributed by atoms with Gasteiger partial charge in [0.25, 0.3) is 0 Å². The van der Waals surface area contributed by atoms with Gasteiger partial charge in [0, 0.05) is 26.7 Å². The van der Waals surface area contributed by atoms with E-state index >= 15 is 0 Å². The number of ether oxygens (including phenoxy) is 1. The fourth-order valence-electron chi connectivity index (χ4n) is 2.13. The Hall–Kier alpha value is -0.840. The number of methoxy groups -OCH3 is 1. The van der Waals surface area contributed by atoms with Crippen LogP contribution in [-0.4, -0.2) is 36.2 Å². The number of nitrogen functional groups attached to an aromatic ring is 1. The van der Waals surface area contributed by atoms with E-state index in [1.165, 1.54) is 0 Å². The summed E-state index contributed by atoms with van der Waals surface area (Å²) in [7, 11) is 1.77. The Morgan fingerprint density at radius 2 is 2.18 bits per heavy atom. The molecular formula is C12H18ClN3O. The number of rotatable bonds is 3. The van der Waals surface area contributed by atoms with Crippen molar-refractivity contribution in [2.45, 2.75) is 25.5 Å². The molecule has 1 aromatic heterocycles. The molecule has 4 nitrogen and oxygen atoms in total. The number of anilines is 1. The predicted molar refractivity (Wildman–Crippen MR) is 69.0 cm³/mol. The molecule has 1 aliphatic heterocycles. The third-order valence-corrected chi connectivity index (χ3v) is 3.53. The van der Waals surface area contributed by atoms with Crippen LogP contribution in [-0.2, 0) is 11.3 Å². The number of aromatic nitrogens is 1. The summed E-state index contributed by atoms with van der Waals surface area (Å²) < 4.78 is 5.34. The number of halogens is 1. The SMILES string of the molecule is COC1CCN(Cc2nc(N)ccc2Cl)CC1. The molecule has 2 rings (SSSR count). The van der Waals surface area contributed by atoms with Gasteiger partial charge < -0.3 is 10.5 Å². The summed E-state index contributed by atoms with van der Waals surface area (Å²) in [5, 5.41) is 0.688. The van der Waals surface area contributed by atoms with E-state index in [2.05, 4.69) is 9.88 Å². The average molecular weight is 256 g/mol. The van der Waals surface area contributed by atoms with Crippen LogP contribution in [0.5, 0.6) is 0 Å². The first-order chi connectivity index (χ1) is 8.19. The highest BCUT2D eigenvalue weighted by Crippen LogP contribution is 2.20. The van der Waals surface area contributed by atoms with E-state index < -0.39 is 0 Å². The lowest BCUT2D eigenvalue weighted by atomic mass is 10.1. The number of piperidine rings is 1. The average Bonchev–Trinajstić information content (AvgIpc) is 2.35. The number of hydrogen-bond acceptors (Lipinski definition) is 4. The zero-order valence-electron chi connectivity index (χ0n) is 10.0. The molecule has 0 aromatic carbocycles. The number of likely N-dealkylation sites (tertiary alicyclic amines) is 1. The van der Waals surface area contributed by atoms with Gasteiger partial charge in [0.1, 0.15) is 5.82 Å². The van der Waals surface area contributed by atoms with Crippen LogP contribution in [0.2, 0.25) is 5.02 Å². The summed E-state index contributed by atoms with van der Waals surface area (Å²) in [6, 6.07) is 3.53. The number of nitrogens with zero attached hydrogens (tertiary/aromatic N) is 2. The van der Waals surface area contributed by atoms with Crippen LogP contribution in [0, 0.1) is 0 Å². The van der Waals surface area contributed by atoms with Crippen molar-refractivity contribution in [3.05, 3.63) is 22.8 Å². The standard InChI is InChI=1S/C12H18ClN3O/c1-17-9-4-6-16(7-5-9)8-11-10(13)2-3-12(14)15-11/h2-3,9H,4-8H2,1H3,(H2,14,15). The summed E-state index contributed by atoms with van der Waals surface area (Å²) in [4.78, 5) is 6.62. The molecule has 0 atom stereocenters. The Morgan fingerprint density at radius 3 is 2.82 bits per heavy atom. The van der Waals surface area contributed by atoms with Crippen molar-refractivity contribution >= 4 is 17.4 Å².